The van der Waals surface area contributed by atoms with Gasteiger partial charge in [0.2, 0.25) is 0 Å². The lowest BCUT2D eigenvalue weighted by Gasteiger charge is -2.46. The van der Waals surface area contributed by atoms with E-state index < -0.39 is 11.5 Å². The van der Waals surface area contributed by atoms with Crippen LogP contribution >= 0.6 is 0 Å². The summed E-state index contributed by atoms with van der Waals surface area (Å²) in [4.78, 5) is 16.6. The zero-order valence-electron chi connectivity index (χ0n) is 20.2. The van der Waals surface area contributed by atoms with E-state index in [1.165, 1.54) is 24.8 Å². The Morgan fingerprint density at radius 3 is 2.75 bits per heavy atom. The highest BCUT2D eigenvalue weighted by Crippen LogP contribution is 2.66. The molecule has 0 bridgehead atoms. The van der Waals surface area contributed by atoms with Crippen LogP contribution in [0.25, 0.3) is 11.8 Å². The molecule has 2 aromatic heterocycles. The zero-order chi connectivity index (χ0) is 25.1. The smallest absolute Gasteiger partial charge is 0.254 e. The van der Waals surface area contributed by atoms with E-state index in [9.17, 15) is 14.3 Å². The third-order valence-corrected chi connectivity index (χ3v) is 8.46. The molecule has 2 saturated carbocycles. The van der Waals surface area contributed by atoms with Gasteiger partial charge >= 0.3 is 0 Å². The molecule has 1 aromatic carbocycles. The van der Waals surface area contributed by atoms with E-state index in [-0.39, 0.29) is 16.8 Å². The number of rotatable bonds is 7. The van der Waals surface area contributed by atoms with Crippen molar-refractivity contribution in [2.24, 2.45) is 17.1 Å². The number of aromatic nitrogens is 3. The molecule has 3 aliphatic rings. The standard InChI is InChI=1S/C28H29FN4O3/c1-36-24-10-13-31-22(25(24)26(30)34)9-12-27(35)11-8-19-14-23-17(15-28(19,27)18-2-3-18)16-32-33(23)21-6-4-20(29)5-7-21/h4-7,10,13-14,16,18,35H,2-3,8-9,11-12,15H2,1H3,(H2,30,34)/t27-,28-/m1/s1. The van der Waals surface area contributed by atoms with E-state index in [1.54, 1.807) is 24.4 Å². The lowest BCUT2D eigenvalue weighted by molar-refractivity contribution is -0.0662. The van der Waals surface area contributed by atoms with Crippen molar-refractivity contribution >= 4 is 12.0 Å². The summed E-state index contributed by atoms with van der Waals surface area (Å²) in [5.74, 6) is -0.0514. The largest absolute Gasteiger partial charge is 0.496 e. The molecule has 2 fully saturated rings. The number of primary amides is 1. The lowest BCUT2D eigenvalue weighted by atomic mass is 9.61. The number of carbonyl (C=O) groups excluding carboxylic acids is 1. The van der Waals surface area contributed by atoms with Crippen LogP contribution in [0.4, 0.5) is 4.39 Å². The predicted octanol–water partition coefficient (Wildman–Crippen LogP) is 4.01. The maximum atomic E-state index is 13.5. The SMILES string of the molecule is COc1ccnc(CC[C@]2(O)CCC3=Cc4c(cnn4-c4ccc(F)cc4)C[C@@]32C2CC2)c1C(N)=O. The van der Waals surface area contributed by atoms with Crippen molar-refractivity contribution in [3.05, 3.63) is 76.6 Å². The van der Waals surface area contributed by atoms with Crippen LogP contribution in [-0.2, 0) is 12.8 Å². The molecule has 36 heavy (non-hydrogen) atoms. The highest BCUT2D eigenvalue weighted by molar-refractivity contribution is 5.96. The Bertz CT molecular complexity index is 1380. The van der Waals surface area contributed by atoms with Gasteiger partial charge in [-0.05, 0) is 92.8 Å². The first-order valence-electron chi connectivity index (χ1n) is 12.4. The molecule has 0 saturated heterocycles. The number of nitrogens with two attached hydrogens (primary N) is 1. The number of benzene rings is 1. The van der Waals surface area contributed by atoms with Crippen molar-refractivity contribution in [1.82, 2.24) is 14.8 Å². The van der Waals surface area contributed by atoms with Crippen LogP contribution in [0.5, 0.6) is 5.75 Å². The van der Waals surface area contributed by atoms with Crippen molar-refractivity contribution in [3.63, 3.8) is 0 Å². The summed E-state index contributed by atoms with van der Waals surface area (Å²) in [5.41, 5.74) is 9.36. The average molecular weight is 489 g/mol. The molecule has 0 spiro atoms. The number of pyridine rings is 1. The maximum Gasteiger partial charge on any atom is 0.254 e. The number of methoxy groups -OCH3 is 1. The van der Waals surface area contributed by atoms with Gasteiger partial charge in [-0.25, -0.2) is 9.07 Å². The quantitative estimate of drug-likeness (QED) is 0.523. The Labute approximate surface area is 208 Å². The molecule has 3 N–H and O–H groups in total. The number of ether oxygens (including phenoxy) is 1. The molecule has 8 heteroatoms. The van der Waals surface area contributed by atoms with Crippen LogP contribution in [0.3, 0.4) is 0 Å². The molecule has 7 nitrogen and oxygen atoms in total. The van der Waals surface area contributed by atoms with E-state index >= 15 is 0 Å². The van der Waals surface area contributed by atoms with Crippen molar-refractivity contribution in [2.75, 3.05) is 7.11 Å². The second kappa shape index (κ2) is 8.27. The molecule has 1 amide bonds. The van der Waals surface area contributed by atoms with E-state index in [0.29, 0.717) is 43.0 Å². The van der Waals surface area contributed by atoms with Gasteiger partial charge < -0.3 is 15.6 Å². The third-order valence-electron chi connectivity index (χ3n) is 8.46. The molecule has 2 heterocycles. The summed E-state index contributed by atoms with van der Waals surface area (Å²) in [6.45, 7) is 0. The van der Waals surface area contributed by atoms with Gasteiger partial charge in [-0.15, -0.1) is 0 Å². The summed E-state index contributed by atoms with van der Waals surface area (Å²) in [6, 6.07) is 7.96. The number of fused-ring (bicyclic) bond motifs is 2. The van der Waals surface area contributed by atoms with Crippen LogP contribution < -0.4 is 10.5 Å². The summed E-state index contributed by atoms with van der Waals surface area (Å²) < 4.78 is 20.7. The monoisotopic (exact) mass is 488 g/mol. The van der Waals surface area contributed by atoms with Crippen molar-refractivity contribution in [3.8, 4) is 11.4 Å². The summed E-state index contributed by atoms with van der Waals surface area (Å²) >= 11 is 0. The fraction of sp³-hybridized carbons (Fsp3) is 0.393. The van der Waals surface area contributed by atoms with Crippen molar-refractivity contribution < 1.29 is 19.0 Å². The van der Waals surface area contributed by atoms with E-state index in [4.69, 9.17) is 10.5 Å². The van der Waals surface area contributed by atoms with Crippen molar-refractivity contribution in [1.29, 1.82) is 0 Å². The number of aliphatic hydroxyl groups is 1. The normalized spacial score (nSPS) is 24.7. The fourth-order valence-electron chi connectivity index (χ4n) is 6.64. The number of halogens is 1. The van der Waals surface area contributed by atoms with Crippen molar-refractivity contribution in [2.45, 2.75) is 50.5 Å². The Morgan fingerprint density at radius 1 is 1.28 bits per heavy atom. The Morgan fingerprint density at radius 2 is 2.06 bits per heavy atom. The molecular weight excluding hydrogens is 459 g/mol. The van der Waals surface area contributed by atoms with Gasteiger partial charge in [0.05, 0.1) is 36.0 Å². The fourth-order valence-corrected chi connectivity index (χ4v) is 6.64. The van der Waals surface area contributed by atoms with Gasteiger partial charge in [0.1, 0.15) is 17.1 Å². The topological polar surface area (TPSA) is 103 Å². The molecule has 0 unspecified atom stereocenters. The third kappa shape index (κ3) is 3.38. The summed E-state index contributed by atoms with van der Waals surface area (Å²) in [5, 5.41) is 16.9. The van der Waals surface area contributed by atoms with E-state index in [0.717, 1.165) is 36.2 Å². The van der Waals surface area contributed by atoms with Crippen LogP contribution in [-0.4, -0.2) is 38.5 Å². The minimum atomic E-state index is -0.935. The molecular formula is C28H29FN4O3. The predicted molar refractivity (Wildman–Crippen MR) is 132 cm³/mol. The van der Waals surface area contributed by atoms with Crippen LogP contribution in [0, 0.1) is 17.2 Å². The van der Waals surface area contributed by atoms with Crippen LogP contribution in [0.15, 0.2) is 48.3 Å². The van der Waals surface area contributed by atoms with E-state index in [2.05, 4.69) is 16.2 Å². The first kappa shape index (κ1) is 22.9. The second-order valence-corrected chi connectivity index (χ2v) is 10.3. The lowest BCUT2D eigenvalue weighted by Crippen LogP contribution is -2.49. The number of carbonyl (C=O) groups is 1. The molecule has 0 aliphatic heterocycles. The maximum absolute atomic E-state index is 13.5. The van der Waals surface area contributed by atoms with Gasteiger partial charge in [-0.1, -0.05) is 5.57 Å². The minimum Gasteiger partial charge on any atom is -0.496 e. The van der Waals surface area contributed by atoms with Gasteiger partial charge in [0, 0.05) is 11.6 Å². The molecule has 6 rings (SSSR count). The van der Waals surface area contributed by atoms with Gasteiger partial charge in [-0.3, -0.25) is 9.78 Å². The molecule has 0 radical (unpaired) electrons. The minimum absolute atomic E-state index is 0.281. The molecule has 2 atom stereocenters. The number of hydrogen-bond donors (Lipinski definition) is 2. The molecule has 3 aromatic rings. The first-order chi connectivity index (χ1) is 17.4. The van der Waals surface area contributed by atoms with E-state index in [1.807, 2.05) is 10.9 Å². The number of nitrogens with zero attached hydrogens (tertiary/aromatic N) is 3. The van der Waals surface area contributed by atoms with Gasteiger partial charge in [0.15, 0.2) is 0 Å². The van der Waals surface area contributed by atoms with Gasteiger partial charge in [0.25, 0.3) is 5.91 Å². The number of hydrogen-bond acceptors (Lipinski definition) is 5. The summed E-state index contributed by atoms with van der Waals surface area (Å²) in [6.07, 6.45) is 10.9. The van der Waals surface area contributed by atoms with Gasteiger partial charge in [-0.2, -0.15) is 5.10 Å². The highest BCUT2D eigenvalue weighted by atomic mass is 19.1. The van der Waals surface area contributed by atoms with Crippen LogP contribution in [0.2, 0.25) is 0 Å². The highest BCUT2D eigenvalue weighted by Gasteiger charge is 2.63. The molecule has 186 valence electrons. The first-order valence-corrected chi connectivity index (χ1v) is 12.4. The van der Waals surface area contributed by atoms with Crippen LogP contribution in [0.1, 0.15) is 59.4 Å². The molecule has 3 aliphatic carbocycles. The summed E-state index contributed by atoms with van der Waals surface area (Å²) in [7, 11) is 1.50. The zero-order valence-corrected chi connectivity index (χ0v) is 20.2. The second-order valence-electron chi connectivity index (χ2n) is 10.3. The number of aryl methyl sites for hydroxylation is 1. The Balaban J connectivity index is 1.35. The Kier molecular flexibility index (Phi) is 5.26. The Hall–Kier alpha value is -3.52. The average Bonchev–Trinajstić information content (AvgIpc) is 3.60. The number of amides is 1.